The Labute approximate surface area is 70.1 Å². The molecule has 0 amide bonds. The van der Waals surface area contributed by atoms with Crippen LogP contribution in [-0.2, 0) is 0 Å². The van der Waals surface area contributed by atoms with Crippen molar-refractivity contribution in [3.05, 3.63) is 35.4 Å². The third-order valence-corrected chi connectivity index (χ3v) is 1.67. The van der Waals surface area contributed by atoms with Gasteiger partial charge < -0.3 is 5.21 Å². The lowest BCUT2D eigenvalue weighted by Gasteiger charge is -1.95. The molecule has 0 radical (unpaired) electrons. The van der Waals surface area contributed by atoms with E-state index in [0.717, 1.165) is 11.1 Å². The van der Waals surface area contributed by atoms with Crippen molar-refractivity contribution in [2.45, 2.75) is 6.92 Å². The molecule has 11 heavy (non-hydrogen) atoms. The van der Waals surface area contributed by atoms with Crippen molar-refractivity contribution in [1.29, 1.82) is 0 Å². The Kier molecular flexibility index (Phi) is 2.49. The number of benzene rings is 1. The molecule has 0 aliphatic heterocycles. The molecule has 1 aromatic rings. The quantitative estimate of drug-likeness (QED) is 0.391. The minimum Gasteiger partial charge on any atom is -0.410 e. The Morgan fingerprint density at radius 2 is 1.91 bits per heavy atom. The Balaban J connectivity index is 2.99. The summed E-state index contributed by atoms with van der Waals surface area (Å²) in [6.07, 6.45) is 0. The fraction of sp³-hybridized carbons (Fsp3) is 0.125. The third kappa shape index (κ3) is 1.95. The lowest BCUT2D eigenvalue weighted by atomic mass is 10.2. The predicted octanol–water partition coefficient (Wildman–Crippen LogP) is 2.37. The minimum atomic E-state index is 0.116. The van der Waals surface area contributed by atoms with Crippen molar-refractivity contribution < 1.29 is 5.21 Å². The first-order chi connectivity index (χ1) is 5.24. The molecule has 0 unspecified atom stereocenters. The van der Waals surface area contributed by atoms with E-state index < -0.39 is 0 Å². The summed E-state index contributed by atoms with van der Waals surface area (Å²) in [6.45, 7) is 1.98. The van der Waals surface area contributed by atoms with Gasteiger partial charge in [0, 0.05) is 5.56 Å². The van der Waals surface area contributed by atoms with E-state index in [1.807, 2.05) is 19.1 Å². The van der Waals surface area contributed by atoms with Crippen LogP contribution in [0.4, 0.5) is 0 Å². The Hall–Kier alpha value is -1.02. The molecule has 1 N–H and O–H groups in total. The molecule has 0 aromatic heterocycles. The van der Waals surface area contributed by atoms with Crippen molar-refractivity contribution in [2.75, 3.05) is 0 Å². The van der Waals surface area contributed by atoms with Crippen LogP contribution >= 0.6 is 11.6 Å². The largest absolute Gasteiger partial charge is 0.410 e. The topological polar surface area (TPSA) is 32.6 Å². The molecular weight excluding hydrogens is 162 g/mol. The Morgan fingerprint density at radius 1 is 1.36 bits per heavy atom. The monoisotopic (exact) mass is 169 g/mol. The summed E-state index contributed by atoms with van der Waals surface area (Å²) < 4.78 is 0. The Bertz CT molecular complexity index is 266. The molecule has 0 aliphatic carbocycles. The lowest BCUT2D eigenvalue weighted by molar-refractivity contribution is 0.321. The van der Waals surface area contributed by atoms with Crippen LogP contribution in [0.3, 0.4) is 0 Å². The highest BCUT2D eigenvalue weighted by Crippen LogP contribution is 2.06. The molecule has 2 nitrogen and oxygen atoms in total. The van der Waals surface area contributed by atoms with Gasteiger partial charge in [-0.25, -0.2) is 0 Å². The van der Waals surface area contributed by atoms with Crippen LogP contribution < -0.4 is 0 Å². The summed E-state index contributed by atoms with van der Waals surface area (Å²) in [6, 6.07) is 7.42. The standard InChI is InChI=1S/C8H8ClNO/c1-6-2-4-7(5-3-6)8(9)10-11/h2-5,11H,1H3. The summed E-state index contributed by atoms with van der Waals surface area (Å²) in [7, 11) is 0. The number of rotatable bonds is 1. The predicted molar refractivity (Wildman–Crippen MR) is 45.4 cm³/mol. The molecule has 1 aromatic carbocycles. The third-order valence-electron chi connectivity index (χ3n) is 1.38. The molecule has 0 spiro atoms. The molecule has 0 aliphatic rings. The van der Waals surface area contributed by atoms with E-state index in [9.17, 15) is 0 Å². The number of halogens is 1. The molecule has 0 heterocycles. The maximum atomic E-state index is 8.31. The van der Waals surface area contributed by atoms with Crippen LogP contribution in [0.1, 0.15) is 11.1 Å². The van der Waals surface area contributed by atoms with E-state index in [1.165, 1.54) is 0 Å². The second-order valence-electron chi connectivity index (χ2n) is 2.26. The first-order valence-electron chi connectivity index (χ1n) is 3.18. The van der Waals surface area contributed by atoms with Gasteiger partial charge in [-0.2, -0.15) is 0 Å². The highest BCUT2D eigenvalue weighted by molar-refractivity contribution is 6.69. The van der Waals surface area contributed by atoms with Gasteiger partial charge in [0.2, 0.25) is 0 Å². The van der Waals surface area contributed by atoms with Crippen LogP contribution in [0.2, 0.25) is 0 Å². The first-order valence-corrected chi connectivity index (χ1v) is 3.56. The molecule has 0 atom stereocenters. The average molecular weight is 170 g/mol. The molecule has 1 rings (SSSR count). The minimum absolute atomic E-state index is 0.116. The number of nitrogens with zero attached hydrogens (tertiary/aromatic N) is 1. The van der Waals surface area contributed by atoms with E-state index >= 15 is 0 Å². The zero-order chi connectivity index (χ0) is 8.27. The Morgan fingerprint density at radius 3 is 2.36 bits per heavy atom. The van der Waals surface area contributed by atoms with Gasteiger partial charge in [-0.15, -0.1) is 0 Å². The van der Waals surface area contributed by atoms with Gasteiger partial charge >= 0.3 is 0 Å². The zero-order valence-electron chi connectivity index (χ0n) is 6.08. The summed E-state index contributed by atoms with van der Waals surface area (Å²) in [4.78, 5) is 0. The number of hydrogen-bond donors (Lipinski definition) is 1. The van der Waals surface area contributed by atoms with E-state index in [0.29, 0.717) is 0 Å². The van der Waals surface area contributed by atoms with E-state index in [2.05, 4.69) is 5.16 Å². The van der Waals surface area contributed by atoms with Crippen molar-refractivity contribution >= 4 is 16.8 Å². The van der Waals surface area contributed by atoms with Gasteiger partial charge in [0.05, 0.1) is 0 Å². The van der Waals surface area contributed by atoms with E-state index in [-0.39, 0.29) is 5.17 Å². The molecular formula is C8H8ClNO. The fourth-order valence-electron chi connectivity index (χ4n) is 0.749. The van der Waals surface area contributed by atoms with Crippen molar-refractivity contribution in [1.82, 2.24) is 0 Å². The van der Waals surface area contributed by atoms with Crippen LogP contribution in [0.5, 0.6) is 0 Å². The van der Waals surface area contributed by atoms with E-state index in [4.69, 9.17) is 16.8 Å². The zero-order valence-corrected chi connectivity index (χ0v) is 6.84. The molecule has 0 saturated heterocycles. The van der Waals surface area contributed by atoms with Crippen LogP contribution in [0, 0.1) is 6.92 Å². The smallest absolute Gasteiger partial charge is 0.175 e. The highest BCUT2D eigenvalue weighted by atomic mass is 35.5. The fourth-order valence-corrected chi connectivity index (χ4v) is 0.875. The summed E-state index contributed by atoms with van der Waals surface area (Å²) in [5, 5.41) is 11.3. The van der Waals surface area contributed by atoms with Gasteiger partial charge in [-0.1, -0.05) is 46.6 Å². The normalized spacial score (nSPS) is 11.6. The second kappa shape index (κ2) is 3.39. The molecule has 0 saturated carbocycles. The summed E-state index contributed by atoms with van der Waals surface area (Å²) >= 11 is 5.54. The highest BCUT2D eigenvalue weighted by Gasteiger charge is 1.97. The maximum Gasteiger partial charge on any atom is 0.175 e. The van der Waals surface area contributed by atoms with Crippen molar-refractivity contribution in [3.8, 4) is 0 Å². The molecule has 58 valence electrons. The van der Waals surface area contributed by atoms with Gasteiger partial charge in [-0.05, 0) is 6.92 Å². The van der Waals surface area contributed by atoms with Gasteiger partial charge in [0.25, 0.3) is 0 Å². The SMILES string of the molecule is Cc1ccc(C(Cl)=NO)cc1. The average Bonchev–Trinajstić information content (AvgIpc) is 2.05. The van der Waals surface area contributed by atoms with E-state index in [1.54, 1.807) is 12.1 Å². The lowest BCUT2D eigenvalue weighted by Crippen LogP contribution is -1.89. The van der Waals surface area contributed by atoms with Crippen LogP contribution in [0.25, 0.3) is 0 Å². The number of aryl methyl sites for hydroxylation is 1. The van der Waals surface area contributed by atoms with Crippen molar-refractivity contribution in [3.63, 3.8) is 0 Å². The van der Waals surface area contributed by atoms with Gasteiger partial charge in [-0.3, -0.25) is 0 Å². The van der Waals surface area contributed by atoms with Gasteiger partial charge in [0.15, 0.2) is 5.17 Å². The second-order valence-corrected chi connectivity index (χ2v) is 2.61. The number of oxime groups is 1. The van der Waals surface area contributed by atoms with Crippen LogP contribution in [0.15, 0.2) is 29.4 Å². The molecule has 0 fully saturated rings. The van der Waals surface area contributed by atoms with Crippen molar-refractivity contribution in [2.24, 2.45) is 5.16 Å². The maximum absolute atomic E-state index is 8.31. The first kappa shape index (κ1) is 8.08. The summed E-state index contributed by atoms with van der Waals surface area (Å²) in [5.74, 6) is 0. The summed E-state index contributed by atoms with van der Waals surface area (Å²) in [5.41, 5.74) is 1.87. The van der Waals surface area contributed by atoms with Gasteiger partial charge in [0.1, 0.15) is 0 Å². The molecule has 3 heteroatoms. The van der Waals surface area contributed by atoms with Crippen LogP contribution in [-0.4, -0.2) is 10.4 Å². The number of hydrogen-bond acceptors (Lipinski definition) is 2. The molecule has 0 bridgehead atoms.